The molecule has 4 nitrogen and oxygen atoms in total. The highest BCUT2D eigenvalue weighted by Gasteiger charge is 2.21. The topological polar surface area (TPSA) is 24.9 Å². The summed E-state index contributed by atoms with van der Waals surface area (Å²) in [6, 6.07) is 0. The van der Waals surface area contributed by atoms with Crippen LogP contribution in [-0.4, -0.2) is 62.4 Å². The van der Waals surface area contributed by atoms with Crippen LogP contribution in [0.4, 0.5) is 4.39 Å². The number of hydrogen-bond donors (Lipinski definition) is 0. The molecular weight excluding hydrogens is 223 g/mol. The molecule has 100 valence electrons. The lowest BCUT2D eigenvalue weighted by molar-refractivity contribution is 0.00726. The smallest absolute Gasteiger partial charge is 0.133 e. The Balaban J connectivity index is 0.000000686. The van der Waals surface area contributed by atoms with E-state index in [2.05, 4.69) is 0 Å². The van der Waals surface area contributed by atoms with Crippen molar-refractivity contribution >= 4 is 0 Å². The van der Waals surface area contributed by atoms with E-state index in [-0.39, 0.29) is 0 Å². The lowest BCUT2D eigenvalue weighted by atomic mass is 10.3. The van der Waals surface area contributed by atoms with Gasteiger partial charge < -0.3 is 19.3 Å². The van der Waals surface area contributed by atoms with Crippen LogP contribution in [0.5, 0.6) is 0 Å². The molecule has 2 aliphatic heterocycles. The molecule has 2 heterocycles. The summed E-state index contributed by atoms with van der Waals surface area (Å²) in [5.74, 6) is 0.682. The van der Waals surface area contributed by atoms with Crippen LogP contribution in [0.15, 0.2) is 12.2 Å². The molecule has 0 bridgehead atoms. The molecule has 0 aromatic rings. The SMILES string of the molecule is CC.FC=C(N1CCOCC1)N1CCOCC1. The first kappa shape index (κ1) is 14.3. The molecule has 0 aliphatic carbocycles. The van der Waals surface area contributed by atoms with E-state index < -0.39 is 0 Å². The normalized spacial score (nSPS) is 20.4. The Hall–Kier alpha value is -0.810. The molecule has 0 unspecified atom stereocenters. The third-order valence-corrected chi connectivity index (χ3v) is 2.77. The molecule has 0 radical (unpaired) electrons. The molecule has 5 heteroatoms. The van der Waals surface area contributed by atoms with E-state index in [1.807, 2.05) is 23.6 Å². The third kappa shape index (κ3) is 4.16. The van der Waals surface area contributed by atoms with E-state index in [1.165, 1.54) is 0 Å². The number of nitrogens with zero attached hydrogens (tertiary/aromatic N) is 2. The van der Waals surface area contributed by atoms with E-state index >= 15 is 0 Å². The Kier molecular flexibility index (Phi) is 6.96. The van der Waals surface area contributed by atoms with Gasteiger partial charge >= 0.3 is 0 Å². The van der Waals surface area contributed by atoms with E-state index in [4.69, 9.17) is 9.47 Å². The predicted octanol–water partition coefficient (Wildman–Crippen LogP) is 1.45. The van der Waals surface area contributed by atoms with Crippen LogP contribution in [0, 0.1) is 0 Å². The summed E-state index contributed by atoms with van der Waals surface area (Å²) < 4.78 is 23.4. The second kappa shape index (κ2) is 8.31. The maximum Gasteiger partial charge on any atom is 0.133 e. The lowest BCUT2D eigenvalue weighted by Gasteiger charge is -2.38. The summed E-state index contributed by atoms with van der Waals surface area (Å²) in [5, 5.41) is 0. The Morgan fingerprint density at radius 3 is 1.53 bits per heavy atom. The summed E-state index contributed by atoms with van der Waals surface area (Å²) >= 11 is 0. The summed E-state index contributed by atoms with van der Waals surface area (Å²) in [5.41, 5.74) is 0. The highest BCUT2D eigenvalue weighted by atomic mass is 19.1. The number of hydrogen-bond acceptors (Lipinski definition) is 4. The molecule has 0 aromatic heterocycles. The Labute approximate surface area is 103 Å². The maximum atomic E-state index is 12.9. The van der Waals surface area contributed by atoms with Crippen LogP contribution in [-0.2, 0) is 9.47 Å². The average molecular weight is 246 g/mol. The van der Waals surface area contributed by atoms with E-state index in [1.54, 1.807) is 0 Å². The van der Waals surface area contributed by atoms with Gasteiger partial charge in [0, 0.05) is 26.2 Å². The minimum atomic E-state index is 0.682. The van der Waals surface area contributed by atoms with Gasteiger partial charge in [0.25, 0.3) is 0 Å². The van der Waals surface area contributed by atoms with Crippen LogP contribution >= 0.6 is 0 Å². The molecule has 2 aliphatic rings. The van der Waals surface area contributed by atoms with E-state index in [0.717, 1.165) is 26.2 Å². The van der Waals surface area contributed by atoms with Gasteiger partial charge in [0.15, 0.2) is 0 Å². The Bertz CT molecular complexity index is 205. The zero-order chi connectivity index (χ0) is 12.5. The summed E-state index contributed by atoms with van der Waals surface area (Å²) in [6.07, 6.45) is 0.705. The van der Waals surface area contributed by atoms with Crippen LogP contribution in [0.3, 0.4) is 0 Å². The van der Waals surface area contributed by atoms with Crippen LogP contribution < -0.4 is 0 Å². The average Bonchev–Trinajstić information content (AvgIpc) is 2.44. The molecule has 0 amide bonds. The zero-order valence-electron chi connectivity index (χ0n) is 10.8. The molecule has 0 N–H and O–H groups in total. The van der Waals surface area contributed by atoms with Gasteiger partial charge in [-0.3, -0.25) is 0 Å². The van der Waals surface area contributed by atoms with Crippen molar-refractivity contribution in [2.45, 2.75) is 13.8 Å². The summed E-state index contributed by atoms with van der Waals surface area (Å²) in [6.45, 7) is 9.81. The molecule has 0 aromatic carbocycles. The van der Waals surface area contributed by atoms with Crippen molar-refractivity contribution in [3.05, 3.63) is 12.2 Å². The van der Waals surface area contributed by atoms with E-state index in [9.17, 15) is 4.39 Å². The van der Waals surface area contributed by atoms with Crippen molar-refractivity contribution in [1.82, 2.24) is 9.80 Å². The minimum Gasteiger partial charge on any atom is -0.378 e. The summed E-state index contributed by atoms with van der Waals surface area (Å²) in [7, 11) is 0. The first-order chi connectivity index (χ1) is 8.42. The van der Waals surface area contributed by atoms with Crippen molar-refractivity contribution < 1.29 is 13.9 Å². The van der Waals surface area contributed by atoms with Crippen LogP contribution in [0.2, 0.25) is 0 Å². The second-order valence-electron chi connectivity index (χ2n) is 3.67. The van der Waals surface area contributed by atoms with Gasteiger partial charge in [-0.1, -0.05) is 13.8 Å². The van der Waals surface area contributed by atoms with Gasteiger partial charge in [-0.2, -0.15) is 0 Å². The van der Waals surface area contributed by atoms with Gasteiger partial charge in [0.1, 0.15) is 12.2 Å². The number of rotatable bonds is 2. The summed E-state index contributed by atoms with van der Waals surface area (Å²) in [4.78, 5) is 4.07. The first-order valence-corrected chi connectivity index (χ1v) is 6.37. The van der Waals surface area contributed by atoms with Crippen molar-refractivity contribution in [3.63, 3.8) is 0 Å². The highest BCUT2D eigenvalue weighted by molar-refractivity contribution is 4.98. The monoisotopic (exact) mass is 246 g/mol. The van der Waals surface area contributed by atoms with Crippen molar-refractivity contribution in [3.8, 4) is 0 Å². The van der Waals surface area contributed by atoms with Gasteiger partial charge in [-0.15, -0.1) is 0 Å². The number of ether oxygens (including phenoxy) is 2. The van der Waals surface area contributed by atoms with Gasteiger partial charge in [-0.25, -0.2) is 4.39 Å². The highest BCUT2D eigenvalue weighted by Crippen LogP contribution is 2.14. The van der Waals surface area contributed by atoms with Crippen molar-refractivity contribution in [2.75, 3.05) is 52.6 Å². The molecule has 2 saturated heterocycles. The fourth-order valence-electron chi connectivity index (χ4n) is 1.92. The fourth-order valence-corrected chi connectivity index (χ4v) is 1.92. The second-order valence-corrected chi connectivity index (χ2v) is 3.67. The Morgan fingerprint density at radius 1 is 0.882 bits per heavy atom. The number of morpholine rings is 2. The van der Waals surface area contributed by atoms with Crippen LogP contribution in [0.1, 0.15) is 13.8 Å². The van der Waals surface area contributed by atoms with E-state index in [0.29, 0.717) is 38.6 Å². The molecule has 2 rings (SSSR count). The third-order valence-electron chi connectivity index (χ3n) is 2.77. The number of halogens is 1. The van der Waals surface area contributed by atoms with Crippen molar-refractivity contribution in [2.24, 2.45) is 0 Å². The standard InChI is InChI=1S/C10H17FN2O2.C2H6/c11-9-10(12-1-5-14-6-2-12)13-3-7-15-8-4-13;1-2/h9H,1-8H2;1-2H3. The van der Waals surface area contributed by atoms with Gasteiger partial charge in [0.05, 0.1) is 26.4 Å². The molecule has 0 spiro atoms. The molecule has 0 atom stereocenters. The van der Waals surface area contributed by atoms with Gasteiger partial charge in [0.2, 0.25) is 0 Å². The van der Waals surface area contributed by atoms with Crippen molar-refractivity contribution in [1.29, 1.82) is 0 Å². The zero-order valence-corrected chi connectivity index (χ0v) is 10.8. The predicted molar refractivity (Wildman–Crippen MR) is 65.3 cm³/mol. The maximum absolute atomic E-state index is 12.9. The lowest BCUT2D eigenvalue weighted by Crippen LogP contribution is -2.45. The largest absolute Gasteiger partial charge is 0.378 e. The first-order valence-electron chi connectivity index (χ1n) is 6.37. The fraction of sp³-hybridized carbons (Fsp3) is 0.833. The molecular formula is C12H23FN2O2. The molecule has 0 saturated carbocycles. The molecule has 2 fully saturated rings. The van der Waals surface area contributed by atoms with Crippen LogP contribution in [0.25, 0.3) is 0 Å². The van der Waals surface area contributed by atoms with Gasteiger partial charge in [-0.05, 0) is 0 Å². The quantitative estimate of drug-likeness (QED) is 0.736. The molecule has 17 heavy (non-hydrogen) atoms. The Morgan fingerprint density at radius 2 is 1.24 bits per heavy atom. The minimum absolute atomic E-state index is 0.682.